The maximum Gasteiger partial charge on any atom is 0.261 e. The lowest BCUT2D eigenvalue weighted by molar-refractivity contribution is -0.148. The topological polar surface area (TPSA) is 108 Å². The molecule has 2 aromatic rings. The Morgan fingerprint density at radius 2 is 1.93 bits per heavy atom. The van der Waals surface area contributed by atoms with Gasteiger partial charge in [-0.3, -0.25) is 14.4 Å². The Bertz CT molecular complexity index is 1380. The van der Waals surface area contributed by atoms with Gasteiger partial charge in [0.25, 0.3) is 5.91 Å². The van der Waals surface area contributed by atoms with E-state index >= 15 is 0 Å². The van der Waals surface area contributed by atoms with E-state index in [1.54, 1.807) is 16.9 Å². The van der Waals surface area contributed by atoms with Crippen LogP contribution >= 0.6 is 0 Å². The van der Waals surface area contributed by atoms with Gasteiger partial charge in [0.1, 0.15) is 5.75 Å². The number of methoxy groups -OCH3 is 1. The van der Waals surface area contributed by atoms with Gasteiger partial charge in [0.05, 0.1) is 40.4 Å². The van der Waals surface area contributed by atoms with Gasteiger partial charge in [-0.15, -0.1) is 0 Å². The lowest BCUT2D eigenvalue weighted by Gasteiger charge is -2.37. The molecule has 0 bridgehead atoms. The third kappa shape index (κ3) is 4.30. The summed E-state index contributed by atoms with van der Waals surface area (Å²) in [5.41, 5.74) is 0.847. The molecule has 1 spiro atoms. The highest BCUT2D eigenvalue weighted by Crippen LogP contribution is 2.59. The van der Waals surface area contributed by atoms with Gasteiger partial charge in [0.15, 0.2) is 5.60 Å². The minimum absolute atomic E-state index is 0.0427. The normalized spacial score (nSPS) is 29.1. The number of carbonyl (C=O) groups excluding carboxylic acids is 3. The molecule has 0 radical (unpaired) electrons. The molecule has 3 fully saturated rings. The van der Waals surface area contributed by atoms with Crippen LogP contribution in [-0.2, 0) is 24.7 Å². The van der Waals surface area contributed by atoms with Crippen molar-refractivity contribution in [2.45, 2.75) is 69.0 Å². The number of carbonyl (C=O) groups is 3. The van der Waals surface area contributed by atoms with Crippen molar-refractivity contribution in [3.05, 3.63) is 48.0 Å². The summed E-state index contributed by atoms with van der Waals surface area (Å²) in [5, 5.41) is 14.1. The van der Waals surface area contributed by atoms with Gasteiger partial charge in [0.2, 0.25) is 11.8 Å². The molecule has 4 heterocycles. The SMILES string of the molecule is COc1ccc([Si](C)(C)[C@H]2[C@H](CC(=O)N3CCC[C@H]3CO)O[C@@]3(C(=O)Nc4ccc(N5CCC5=O)cc43)[C@@H]2C)cc1. The Balaban J connectivity index is 1.42. The lowest BCUT2D eigenvalue weighted by atomic mass is 9.82. The molecule has 0 saturated carbocycles. The number of likely N-dealkylation sites (tertiary alicyclic amines) is 1. The Morgan fingerprint density at radius 1 is 1.17 bits per heavy atom. The molecule has 0 unspecified atom stereocenters. The Labute approximate surface area is 241 Å². The van der Waals surface area contributed by atoms with Gasteiger partial charge in [-0.25, -0.2) is 0 Å². The van der Waals surface area contributed by atoms with Gasteiger partial charge in [-0.1, -0.05) is 37.3 Å². The van der Waals surface area contributed by atoms with Crippen LogP contribution in [0.5, 0.6) is 5.75 Å². The predicted molar refractivity (Wildman–Crippen MR) is 158 cm³/mol. The number of fused-ring (bicyclic) bond motifs is 2. The van der Waals surface area contributed by atoms with E-state index < -0.39 is 19.8 Å². The number of hydrogen-bond acceptors (Lipinski definition) is 6. The molecule has 0 aromatic heterocycles. The number of hydrogen-bond donors (Lipinski definition) is 2. The molecular formula is C31H39N3O6Si. The van der Waals surface area contributed by atoms with Crippen LogP contribution in [0.15, 0.2) is 42.5 Å². The molecule has 3 amide bonds. The molecule has 0 aliphatic carbocycles. The van der Waals surface area contributed by atoms with E-state index in [2.05, 4.69) is 37.5 Å². The highest BCUT2D eigenvalue weighted by molar-refractivity contribution is 6.91. The van der Waals surface area contributed by atoms with Crippen LogP contribution < -0.4 is 20.1 Å². The molecular weight excluding hydrogens is 538 g/mol. The van der Waals surface area contributed by atoms with Crippen molar-refractivity contribution >= 4 is 42.4 Å². The second kappa shape index (κ2) is 10.3. The number of rotatable bonds is 7. The van der Waals surface area contributed by atoms with Crippen molar-refractivity contribution in [2.75, 3.05) is 37.0 Å². The van der Waals surface area contributed by atoms with E-state index in [0.29, 0.717) is 25.2 Å². The highest BCUT2D eigenvalue weighted by atomic mass is 28.3. The minimum Gasteiger partial charge on any atom is -0.497 e. The first kappa shape index (κ1) is 27.9. The molecule has 41 heavy (non-hydrogen) atoms. The number of anilines is 2. The average molecular weight is 578 g/mol. The van der Waals surface area contributed by atoms with Gasteiger partial charge in [-0.05, 0) is 48.7 Å². The molecule has 4 aliphatic rings. The summed E-state index contributed by atoms with van der Waals surface area (Å²) < 4.78 is 12.3. The molecule has 2 N–H and O–H groups in total. The standard InChI is InChI=1S/C31H39N3O6Si/c1-19-29(41(3,4)23-10-8-22(39-2)9-11-23)26(17-28(37)33-14-5-6-21(33)18-35)40-31(19)24-16-20(34-15-13-27(34)36)7-12-25(24)32-30(31)38/h7-12,16,19,21,26,29,35H,5-6,13-15,17-18H2,1-4H3,(H,32,38)/t19-,21+,26+,29-,31+/m1/s1. The van der Waals surface area contributed by atoms with Crippen molar-refractivity contribution in [2.24, 2.45) is 5.92 Å². The number of aliphatic hydroxyl groups is 1. The van der Waals surface area contributed by atoms with E-state index in [1.165, 1.54) is 5.19 Å². The maximum absolute atomic E-state index is 13.9. The van der Waals surface area contributed by atoms with Crippen molar-refractivity contribution in [3.8, 4) is 5.75 Å². The molecule has 9 nitrogen and oxygen atoms in total. The number of benzene rings is 2. The zero-order chi connectivity index (χ0) is 29.1. The summed E-state index contributed by atoms with van der Waals surface area (Å²) in [6, 6.07) is 13.6. The molecule has 218 valence electrons. The number of ether oxygens (including phenoxy) is 2. The van der Waals surface area contributed by atoms with Crippen LogP contribution in [0.4, 0.5) is 11.4 Å². The quantitative estimate of drug-likeness (QED) is 0.387. The number of β-lactam (4-membered cyclic amide) rings is 1. The maximum atomic E-state index is 13.9. The van der Waals surface area contributed by atoms with Crippen LogP contribution in [0, 0.1) is 5.92 Å². The van der Waals surface area contributed by atoms with Gasteiger partial charge in [-0.2, -0.15) is 0 Å². The lowest BCUT2D eigenvalue weighted by Crippen LogP contribution is -2.52. The first-order chi connectivity index (χ1) is 19.6. The summed E-state index contributed by atoms with van der Waals surface area (Å²) in [5.74, 6) is 0.341. The first-order valence-corrected chi connectivity index (χ1v) is 17.7. The van der Waals surface area contributed by atoms with E-state index in [1.807, 2.05) is 30.3 Å². The number of nitrogens with zero attached hydrogens (tertiary/aromatic N) is 2. The second-order valence-electron chi connectivity index (χ2n) is 12.4. The highest BCUT2D eigenvalue weighted by Gasteiger charge is 2.65. The summed E-state index contributed by atoms with van der Waals surface area (Å²) in [4.78, 5) is 43.4. The zero-order valence-corrected chi connectivity index (χ0v) is 25.2. The Morgan fingerprint density at radius 3 is 2.56 bits per heavy atom. The van der Waals surface area contributed by atoms with Crippen molar-refractivity contribution in [1.82, 2.24) is 4.90 Å². The molecule has 6 rings (SSSR count). The summed E-state index contributed by atoms with van der Waals surface area (Å²) in [6.45, 7) is 7.87. The fourth-order valence-corrected chi connectivity index (χ4v) is 11.7. The van der Waals surface area contributed by atoms with E-state index in [-0.39, 0.29) is 48.3 Å². The zero-order valence-electron chi connectivity index (χ0n) is 24.2. The minimum atomic E-state index is -2.37. The molecule has 4 aliphatic heterocycles. The average Bonchev–Trinajstić information content (AvgIpc) is 3.63. The number of aliphatic hydroxyl groups excluding tert-OH is 1. The third-order valence-electron chi connectivity index (χ3n) is 10.0. The number of nitrogens with one attached hydrogen (secondary N) is 1. The van der Waals surface area contributed by atoms with Crippen LogP contribution in [0.25, 0.3) is 0 Å². The van der Waals surface area contributed by atoms with Crippen LogP contribution in [0.3, 0.4) is 0 Å². The molecule has 5 atom stereocenters. The van der Waals surface area contributed by atoms with E-state index in [0.717, 1.165) is 29.8 Å². The van der Waals surface area contributed by atoms with E-state index in [4.69, 9.17) is 9.47 Å². The van der Waals surface area contributed by atoms with E-state index in [9.17, 15) is 19.5 Å². The monoisotopic (exact) mass is 577 g/mol. The number of amides is 3. The summed E-state index contributed by atoms with van der Waals surface area (Å²) in [7, 11) is -0.727. The molecule has 10 heteroatoms. The van der Waals surface area contributed by atoms with Gasteiger partial charge < -0.3 is 29.7 Å². The second-order valence-corrected chi connectivity index (χ2v) is 17.1. The van der Waals surface area contributed by atoms with Crippen LogP contribution in [-0.4, -0.2) is 74.8 Å². The fraction of sp³-hybridized carbons (Fsp3) is 0.516. The van der Waals surface area contributed by atoms with Crippen molar-refractivity contribution < 1.29 is 29.0 Å². The molecule has 3 saturated heterocycles. The summed E-state index contributed by atoms with van der Waals surface area (Å²) >= 11 is 0. The van der Waals surface area contributed by atoms with Crippen LogP contribution in [0.1, 0.15) is 38.2 Å². The molecule has 2 aromatic carbocycles. The predicted octanol–water partition coefficient (Wildman–Crippen LogP) is 2.97. The third-order valence-corrected chi connectivity index (χ3v) is 14.4. The van der Waals surface area contributed by atoms with Gasteiger partial charge >= 0.3 is 0 Å². The smallest absolute Gasteiger partial charge is 0.261 e. The summed E-state index contributed by atoms with van der Waals surface area (Å²) in [6.07, 6.45) is 1.83. The van der Waals surface area contributed by atoms with Crippen molar-refractivity contribution in [1.29, 1.82) is 0 Å². The Kier molecular flexibility index (Phi) is 6.99. The van der Waals surface area contributed by atoms with Crippen LogP contribution in [0.2, 0.25) is 18.6 Å². The first-order valence-electron chi connectivity index (χ1n) is 14.6. The fourth-order valence-electron chi connectivity index (χ4n) is 7.72. The van der Waals surface area contributed by atoms with Crippen molar-refractivity contribution in [3.63, 3.8) is 0 Å². The largest absolute Gasteiger partial charge is 0.497 e. The van der Waals surface area contributed by atoms with Gasteiger partial charge in [0, 0.05) is 42.4 Å². The Hall–Kier alpha value is -3.21.